The molecule has 0 bridgehead atoms. The quantitative estimate of drug-likeness (QED) is 0.122. The molecule has 2 aliphatic rings. The topological polar surface area (TPSA) is 66.2 Å². The fourth-order valence-electron chi connectivity index (χ4n) is 6.58. The largest absolute Gasteiger partial charge is 0.462 e. The summed E-state index contributed by atoms with van der Waals surface area (Å²) in [6.07, 6.45) is -0.832. The molecule has 2 fully saturated rings. The van der Waals surface area contributed by atoms with E-state index in [1.54, 1.807) is 35.9 Å². The smallest absolute Gasteiger partial charge is 0.319 e. The number of carbonyl (C=O) groups excluding carboxylic acids is 1. The first-order valence-electron chi connectivity index (χ1n) is 15.2. The van der Waals surface area contributed by atoms with Gasteiger partial charge in [-0.05, 0) is 43.5 Å². The number of halogens is 6. The molecule has 4 aromatic rings. The van der Waals surface area contributed by atoms with Gasteiger partial charge in [-0.25, -0.2) is 28.5 Å². The van der Waals surface area contributed by atoms with E-state index in [0.717, 1.165) is 12.1 Å². The molecular weight excluding hydrogens is 655 g/mol. The van der Waals surface area contributed by atoms with Gasteiger partial charge < -0.3 is 19.4 Å². The zero-order valence-corrected chi connectivity index (χ0v) is 26.7. The first-order valence-corrected chi connectivity index (χ1v) is 15.6. The molecule has 6 rings (SSSR count). The van der Waals surface area contributed by atoms with Crippen molar-refractivity contribution in [2.24, 2.45) is 0 Å². The molecule has 4 atom stereocenters. The summed E-state index contributed by atoms with van der Waals surface area (Å²) in [5.41, 5.74) is -0.811. The van der Waals surface area contributed by atoms with Crippen LogP contribution in [0.5, 0.6) is 6.01 Å². The molecule has 1 aromatic heterocycles. The number of rotatable bonds is 7. The lowest BCUT2D eigenvalue weighted by molar-refractivity contribution is -0.131. The molecule has 14 heteroatoms. The summed E-state index contributed by atoms with van der Waals surface area (Å²) >= 11 is 6.31. The van der Waals surface area contributed by atoms with E-state index in [-0.39, 0.29) is 84.0 Å². The molecule has 0 unspecified atom stereocenters. The summed E-state index contributed by atoms with van der Waals surface area (Å²) in [6, 6.07) is 6.36. The number of aromatic nitrogens is 2. The fraction of sp³-hybridized carbons (Fsp3) is 0.353. The van der Waals surface area contributed by atoms with Crippen molar-refractivity contribution >= 4 is 45.0 Å². The lowest BCUT2D eigenvalue weighted by atomic mass is 9.95. The van der Waals surface area contributed by atoms with Crippen LogP contribution < -0.4 is 9.64 Å². The zero-order valence-electron chi connectivity index (χ0n) is 26.0. The third-order valence-electron chi connectivity index (χ3n) is 9.00. The highest BCUT2D eigenvalue weighted by molar-refractivity contribution is 6.37. The average molecular weight is 685 g/mol. The summed E-state index contributed by atoms with van der Waals surface area (Å²) < 4.78 is 81.4. The maximum absolute atomic E-state index is 16.8. The lowest BCUT2D eigenvalue weighted by Crippen LogP contribution is -2.60. The Hall–Kier alpha value is -4.54. The van der Waals surface area contributed by atoms with Gasteiger partial charge in [-0.3, -0.25) is 9.69 Å². The van der Waals surface area contributed by atoms with Gasteiger partial charge in [-0.15, -0.1) is 0 Å². The van der Waals surface area contributed by atoms with E-state index in [0.29, 0.717) is 5.39 Å². The molecule has 0 N–H and O–H groups in total. The van der Waals surface area contributed by atoms with Gasteiger partial charge in [0.25, 0.3) is 5.91 Å². The Labute approximate surface area is 278 Å². The molecule has 0 spiro atoms. The van der Waals surface area contributed by atoms with Crippen molar-refractivity contribution in [3.63, 3.8) is 0 Å². The van der Waals surface area contributed by atoms with Crippen molar-refractivity contribution in [2.45, 2.75) is 37.6 Å². The highest BCUT2D eigenvalue weighted by atomic mass is 35.5. The number of alkyl halides is 1. The van der Waals surface area contributed by atoms with E-state index < -0.39 is 53.0 Å². The molecule has 1 amide bonds. The molecule has 0 aliphatic carbocycles. The van der Waals surface area contributed by atoms with E-state index in [2.05, 4.69) is 21.4 Å². The van der Waals surface area contributed by atoms with E-state index in [4.69, 9.17) is 22.9 Å². The Bertz CT molecular complexity index is 1990. The van der Waals surface area contributed by atoms with Gasteiger partial charge in [0, 0.05) is 42.5 Å². The number of amides is 1. The molecule has 3 heterocycles. The molecule has 0 radical (unpaired) electrons. The first-order chi connectivity index (χ1) is 22.9. The molecule has 0 saturated carbocycles. The van der Waals surface area contributed by atoms with Crippen molar-refractivity contribution in [1.82, 2.24) is 19.8 Å². The highest BCUT2D eigenvalue weighted by Crippen LogP contribution is 2.41. The number of ether oxygens (including phenoxy) is 1. The van der Waals surface area contributed by atoms with Gasteiger partial charge in [0.05, 0.1) is 10.6 Å². The molecular formula is C34H30ClF5N6O2. The molecule has 3 aromatic carbocycles. The molecule has 8 nitrogen and oxygen atoms in total. The summed E-state index contributed by atoms with van der Waals surface area (Å²) in [7, 11) is 1.75. The van der Waals surface area contributed by atoms with Crippen molar-refractivity contribution in [1.29, 1.82) is 0 Å². The second-order valence-electron chi connectivity index (χ2n) is 12.1. The van der Waals surface area contributed by atoms with Gasteiger partial charge >= 0.3 is 6.01 Å². The number of nitrogens with zero attached hydrogens (tertiary/aromatic N) is 6. The Morgan fingerprint density at radius 2 is 1.90 bits per heavy atom. The Morgan fingerprint density at radius 3 is 2.58 bits per heavy atom. The third kappa shape index (κ3) is 5.99. The lowest BCUT2D eigenvalue weighted by Gasteiger charge is -2.44. The Balaban J connectivity index is 1.52. The minimum absolute atomic E-state index is 0.00201. The number of anilines is 1. The van der Waals surface area contributed by atoms with Gasteiger partial charge in [-0.1, -0.05) is 42.4 Å². The Kier molecular flexibility index (Phi) is 9.15. The van der Waals surface area contributed by atoms with E-state index in [9.17, 15) is 18.0 Å². The van der Waals surface area contributed by atoms with Crippen LogP contribution in [0.4, 0.5) is 27.8 Å². The normalized spacial score (nSPS) is 21.6. The fourth-order valence-corrected chi connectivity index (χ4v) is 6.86. The number of benzene rings is 3. The number of piperazine rings is 1. The van der Waals surface area contributed by atoms with Crippen LogP contribution in [-0.4, -0.2) is 89.8 Å². The number of hydrogen-bond donors (Lipinski definition) is 0. The van der Waals surface area contributed by atoms with E-state index >= 15 is 8.78 Å². The number of likely N-dealkylation sites (N-methyl/N-ethyl adjacent to an activating group) is 1. The minimum Gasteiger partial charge on any atom is -0.462 e. The van der Waals surface area contributed by atoms with E-state index in [1.807, 2.05) is 0 Å². The summed E-state index contributed by atoms with van der Waals surface area (Å²) in [5.74, 6) is -4.92. The van der Waals surface area contributed by atoms with Crippen LogP contribution in [0.2, 0.25) is 5.02 Å². The second-order valence-corrected chi connectivity index (χ2v) is 12.5. The van der Waals surface area contributed by atoms with Crippen LogP contribution in [-0.2, 0) is 4.79 Å². The van der Waals surface area contributed by atoms with Gasteiger partial charge in [-0.2, -0.15) is 9.97 Å². The van der Waals surface area contributed by atoms with Crippen molar-refractivity contribution in [3.8, 4) is 17.1 Å². The van der Waals surface area contributed by atoms with Crippen LogP contribution in [0.3, 0.4) is 0 Å². The van der Waals surface area contributed by atoms with Crippen LogP contribution in [0, 0.1) is 24.0 Å². The minimum atomic E-state index is -1.17. The van der Waals surface area contributed by atoms with Crippen LogP contribution >= 0.6 is 11.6 Å². The number of hydrogen-bond acceptors (Lipinski definition) is 6. The highest BCUT2D eigenvalue weighted by Gasteiger charge is 2.39. The SMILES string of the molecule is [C-]#[N+]C[C@H]1CN(c2nc(OC[C@@H]3C[C@@H](F)CN3C)nc3c(F)c(-c4cccc5ccc(F)c(Cl)c45)c(F)cc23)[C@@H](C)CN1C(=O)C(=C)F. The van der Waals surface area contributed by atoms with Crippen molar-refractivity contribution in [3.05, 3.63) is 82.7 Å². The maximum Gasteiger partial charge on any atom is 0.319 e. The summed E-state index contributed by atoms with van der Waals surface area (Å²) in [5, 5.41) is 0.228. The predicted octanol–water partition coefficient (Wildman–Crippen LogP) is 6.75. The summed E-state index contributed by atoms with van der Waals surface area (Å²) in [4.78, 5) is 29.6. The molecule has 48 heavy (non-hydrogen) atoms. The monoisotopic (exact) mass is 684 g/mol. The van der Waals surface area contributed by atoms with E-state index in [1.165, 1.54) is 17.0 Å². The van der Waals surface area contributed by atoms with Crippen LogP contribution in [0.15, 0.2) is 48.8 Å². The van der Waals surface area contributed by atoms with Crippen LogP contribution in [0.25, 0.3) is 37.6 Å². The van der Waals surface area contributed by atoms with Gasteiger partial charge in [0.1, 0.15) is 41.8 Å². The number of carbonyl (C=O) groups is 1. The predicted molar refractivity (Wildman–Crippen MR) is 173 cm³/mol. The number of likely N-dealkylation sites (tertiary alicyclic amines) is 1. The number of fused-ring (bicyclic) bond motifs is 2. The summed E-state index contributed by atoms with van der Waals surface area (Å²) in [6.45, 7) is 12.2. The average Bonchev–Trinajstić information content (AvgIpc) is 3.38. The Morgan fingerprint density at radius 1 is 1.12 bits per heavy atom. The zero-order chi connectivity index (χ0) is 34.4. The third-order valence-corrected chi connectivity index (χ3v) is 9.37. The van der Waals surface area contributed by atoms with Gasteiger partial charge in [0.2, 0.25) is 6.54 Å². The maximum atomic E-state index is 16.8. The standard InChI is InChI=1S/C34H30ClF5N6O2/c1-17-13-46(33(47)18(2)36)22(12-41-3)15-45(17)32-24-11-26(39)28(23-7-5-6-19-8-9-25(38)29(35)27(19)23)30(40)31(24)42-34(43-32)48-16-21-10-20(37)14-44(21)4/h5-9,11,17,20-22H,2,10,12-16H2,1,4H3/t17-,20+,21-,22-/m0/s1. The molecule has 2 aliphatic heterocycles. The molecule has 2 saturated heterocycles. The van der Waals surface area contributed by atoms with Crippen LogP contribution in [0.1, 0.15) is 13.3 Å². The first kappa shape index (κ1) is 33.4. The van der Waals surface area contributed by atoms with Crippen molar-refractivity contribution in [2.75, 3.05) is 44.7 Å². The second kappa shape index (κ2) is 13.2. The van der Waals surface area contributed by atoms with Crippen molar-refractivity contribution < 1.29 is 31.5 Å². The van der Waals surface area contributed by atoms with Gasteiger partial charge in [0.15, 0.2) is 11.6 Å². The molecule has 250 valence electrons.